The summed E-state index contributed by atoms with van der Waals surface area (Å²) in [5, 5.41) is 7.70. The van der Waals surface area contributed by atoms with Gasteiger partial charge in [0, 0.05) is 13.5 Å². The minimum Gasteiger partial charge on any atom is -0.464 e. The van der Waals surface area contributed by atoms with Crippen molar-refractivity contribution in [1.82, 2.24) is 15.1 Å². The fourth-order valence-corrected chi connectivity index (χ4v) is 2.60. The lowest BCUT2D eigenvalue weighted by Gasteiger charge is -2.16. The summed E-state index contributed by atoms with van der Waals surface area (Å²) in [6.07, 6.45) is 2.72. The number of furan rings is 1. The number of hydrogen-bond donors (Lipinski definition) is 1. The molecule has 2 rings (SSSR count). The van der Waals surface area contributed by atoms with Crippen molar-refractivity contribution in [1.29, 1.82) is 0 Å². The monoisotopic (exact) mass is 311 g/mol. The molecule has 0 saturated carbocycles. The Morgan fingerprint density at radius 2 is 2.22 bits per heavy atom. The highest BCUT2D eigenvalue weighted by atomic mass is 79.9. The van der Waals surface area contributed by atoms with Crippen LogP contribution in [-0.2, 0) is 13.5 Å². The molecule has 2 aromatic heterocycles. The van der Waals surface area contributed by atoms with E-state index in [1.165, 1.54) is 0 Å². The van der Waals surface area contributed by atoms with Crippen LogP contribution in [0.1, 0.15) is 37.1 Å². The fraction of sp³-hybridized carbons (Fsp3) is 0.462. The van der Waals surface area contributed by atoms with Gasteiger partial charge in [-0.2, -0.15) is 5.10 Å². The first-order valence-corrected chi connectivity index (χ1v) is 6.96. The molecule has 0 amide bonds. The lowest BCUT2D eigenvalue weighted by atomic mass is 10.1. The number of nitrogens with one attached hydrogen (secondary N) is 1. The van der Waals surface area contributed by atoms with Crippen LogP contribution in [0.15, 0.2) is 27.2 Å². The van der Waals surface area contributed by atoms with E-state index in [4.69, 9.17) is 4.42 Å². The number of halogens is 1. The van der Waals surface area contributed by atoms with Crippen LogP contribution in [0.5, 0.6) is 0 Å². The van der Waals surface area contributed by atoms with Crippen LogP contribution in [0.25, 0.3) is 0 Å². The largest absolute Gasteiger partial charge is 0.464 e. The van der Waals surface area contributed by atoms with E-state index >= 15 is 0 Å². The van der Waals surface area contributed by atoms with E-state index in [1.54, 1.807) is 0 Å². The summed E-state index contributed by atoms with van der Waals surface area (Å²) in [4.78, 5) is 0. The van der Waals surface area contributed by atoms with Gasteiger partial charge in [0.1, 0.15) is 17.6 Å². The number of aromatic nitrogens is 2. The predicted octanol–water partition coefficient (Wildman–Crippen LogP) is 3.04. The maximum atomic E-state index is 5.86. The zero-order valence-electron chi connectivity index (χ0n) is 10.9. The van der Waals surface area contributed by atoms with Crippen molar-refractivity contribution < 1.29 is 4.42 Å². The molecule has 18 heavy (non-hydrogen) atoms. The summed E-state index contributed by atoms with van der Waals surface area (Å²) in [6, 6.07) is 4.09. The van der Waals surface area contributed by atoms with E-state index in [0.29, 0.717) is 0 Å². The fourth-order valence-electron chi connectivity index (χ4n) is 2.02. The Labute approximate surface area is 115 Å². The molecule has 0 saturated heterocycles. The van der Waals surface area contributed by atoms with Crippen molar-refractivity contribution in [2.75, 3.05) is 6.54 Å². The van der Waals surface area contributed by atoms with Crippen molar-refractivity contribution in [2.24, 2.45) is 7.05 Å². The molecule has 0 aliphatic rings. The first-order chi connectivity index (χ1) is 8.67. The van der Waals surface area contributed by atoms with Gasteiger partial charge in [-0.1, -0.05) is 13.8 Å². The molecule has 0 radical (unpaired) electrons. The molecule has 98 valence electrons. The van der Waals surface area contributed by atoms with E-state index in [1.807, 2.05) is 30.1 Å². The lowest BCUT2D eigenvalue weighted by Crippen LogP contribution is -2.24. The zero-order chi connectivity index (χ0) is 13.1. The summed E-state index contributed by atoms with van der Waals surface area (Å²) in [7, 11) is 1.94. The molecule has 2 aromatic rings. The molecule has 1 N–H and O–H groups in total. The second-order valence-electron chi connectivity index (χ2n) is 4.15. The summed E-state index contributed by atoms with van der Waals surface area (Å²) in [6.45, 7) is 5.04. The first kappa shape index (κ1) is 13.4. The van der Waals surface area contributed by atoms with Gasteiger partial charge in [-0.05, 0) is 34.6 Å². The average molecular weight is 312 g/mol. The standard InChI is InChI=1S/C13H18BrN3O/c1-4-9-6-7-11(18-9)12(15-5-2)13-10(14)8-16-17(13)3/h6-8,12,15H,4-5H2,1-3H3. The van der Waals surface area contributed by atoms with Crippen molar-refractivity contribution in [3.63, 3.8) is 0 Å². The molecule has 0 fully saturated rings. The van der Waals surface area contributed by atoms with Gasteiger partial charge in [0.2, 0.25) is 0 Å². The van der Waals surface area contributed by atoms with Gasteiger partial charge in [-0.25, -0.2) is 0 Å². The van der Waals surface area contributed by atoms with Crippen LogP contribution >= 0.6 is 15.9 Å². The highest BCUT2D eigenvalue weighted by Gasteiger charge is 2.22. The minimum absolute atomic E-state index is 0.0252. The molecule has 2 heterocycles. The van der Waals surface area contributed by atoms with E-state index in [9.17, 15) is 0 Å². The predicted molar refractivity (Wildman–Crippen MR) is 74.5 cm³/mol. The second-order valence-corrected chi connectivity index (χ2v) is 5.00. The van der Waals surface area contributed by atoms with Gasteiger partial charge in [0.05, 0.1) is 16.4 Å². The Morgan fingerprint density at radius 3 is 2.72 bits per heavy atom. The molecular weight excluding hydrogens is 294 g/mol. The molecule has 5 heteroatoms. The Bertz CT molecular complexity index is 499. The van der Waals surface area contributed by atoms with E-state index in [-0.39, 0.29) is 6.04 Å². The highest BCUT2D eigenvalue weighted by Crippen LogP contribution is 2.29. The maximum absolute atomic E-state index is 5.86. The van der Waals surface area contributed by atoms with Crippen molar-refractivity contribution in [2.45, 2.75) is 26.3 Å². The first-order valence-electron chi connectivity index (χ1n) is 6.16. The number of hydrogen-bond acceptors (Lipinski definition) is 3. The lowest BCUT2D eigenvalue weighted by molar-refractivity contribution is 0.414. The van der Waals surface area contributed by atoms with Crippen LogP contribution in [0, 0.1) is 0 Å². The molecule has 4 nitrogen and oxygen atoms in total. The number of aryl methyl sites for hydroxylation is 2. The van der Waals surface area contributed by atoms with Gasteiger partial charge in [0.15, 0.2) is 0 Å². The molecule has 0 bridgehead atoms. The average Bonchev–Trinajstić information content (AvgIpc) is 2.95. The SMILES string of the molecule is CCNC(c1ccc(CC)o1)c1c(Br)cnn1C. The Kier molecular flexibility index (Phi) is 4.24. The quantitative estimate of drug-likeness (QED) is 0.923. The van der Waals surface area contributed by atoms with Gasteiger partial charge in [-0.3, -0.25) is 4.68 Å². The van der Waals surface area contributed by atoms with E-state index in [2.05, 4.69) is 40.2 Å². The van der Waals surface area contributed by atoms with Crippen LogP contribution in [-0.4, -0.2) is 16.3 Å². The van der Waals surface area contributed by atoms with Crippen molar-refractivity contribution in [3.8, 4) is 0 Å². The Hall–Kier alpha value is -1.07. The number of rotatable bonds is 5. The van der Waals surface area contributed by atoms with Crippen LogP contribution in [0.4, 0.5) is 0 Å². The molecular formula is C13H18BrN3O. The van der Waals surface area contributed by atoms with E-state index < -0.39 is 0 Å². The molecule has 0 aliphatic carbocycles. The smallest absolute Gasteiger partial charge is 0.127 e. The van der Waals surface area contributed by atoms with Crippen LogP contribution in [0.3, 0.4) is 0 Å². The summed E-state index contributed by atoms with van der Waals surface area (Å²) < 4.78 is 8.71. The molecule has 0 aromatic carbocycles. The van der Waals surface area contributed by atoms with Crippen LogP contribution < -0.4 is 5.32 Å². The summed E-state index contributed by atoms with van der Waals surface area (Å²) in [5.74, 6) is 1.93. The normalized spacial score (nSPS) is 12.9. The Morgan fingerprint density at radius 1 is 1.44 bits per heavy atom. The minimum atomic E-state index is 0.0252. The van der Waals surface area contributed by atoms with Crippen molar-refractivity contribution in [3.05, 3.63) is 40.0 Å². The van der Waals surface area contributed by atoms with Gasteiger partial charge >= 0.3 is 0 Å². The third kappa shape index (κ3) is 2.52. The van der Waals surface area contributed by atoms with Gasteiger partial charge < -0.3 is 9.73 Å². The summed E-state index contributed by atoms with van der Waals surface area (Å²) in [5.41, 5.74) is 1.08. The topological polar surface area (TPSA) is 43.0 Å². The van der Waals surface area contributed by atoms with E-state index in [0.717, 1.165) is 34.7 Å². The van der Waals surface area contributed by atoms with Gasteiger partial charge in [0.25, 0.3) is 0 Å². The molecule has 1 unspecified atom stereocenters. The molecule has 0 aliphatic heterocycles. The van der Waals surface area contributed by atoms with Crippen molar-refractivity contribution >= 4 is 15.9 Å². The number of nitrogens with zero attached hydrogens (tertiary/aromatic N) is 2. The molecule has 0 spiro atoms. The highest BCUT2D eigenvalue weighted by molar-refractivity contribution is 9.10. The molecule has 1 atom stereocenters. The summed E-state index contributed by atoms with van der Waals surface area (Å²) >= 11 is 3.54. The third-order valence-electron chi connectivity index (χ3n) is 2.93. The Balaban J connectivity index is 2.39. The van der Waals surface area contributed by atoms with Gasteiger partial charge in [-0.15, -0.1) is 0 Å². The maximum Gasteiger partial charge on any atom is 0.127 e. The van der Waals surface area contributed by atoms with Crippen LogP contribution in [0.2, 0.25) is 0 Å². The third-order valence-corrected chi connectivity index (χ3v) is 3.55. The zero-order valence-corrected chi connectivity index (χ0v) is 12.5. The second kappa shape index (κ2) is 5.71.